The summed E-state index contributed by atoms with van der Waals surface area (Å²) in [6.07, 6.45) is 3.36. The van der Waals surface area contributed by atoms with Crippen molar-refractivity contribution in [3.63, 3.8) is 0 Å². The summed E-state index contributed by atoms with van der Waals surface area (Å²) in [4.78, 5) is 17.6. The second kappa shape index (κ2) is 9.77. The third-order valence-corrected chi connectivity index (χ3v) is 5.89. The van der Waals surface area contributed by atoms with Crippen LogP contribution in [0.1, 0.15) is 29.2 Å². The molecule has 0 fully saturated rings. The van der Waals surface area contributed by atoms with Gasteiger partial charge in [-0.05, 0) is 59.4 Å². The van der Waals surface area contributed by atoms with Gasteiger partial charge in [0.25, 0.3) is 0 Å². The molecule has 0 N–H and O–H groups in total. The lowest BCUT2D eigenvalue weighted by Crippen LogP contribution is -2.01. The second-order valence-electron chi connectivity index (χ2n) is 7.70. The monoisotopic (exact) mass is 445 g/mol. The van der Waals surface area contributed by atoms with Crippen molar-refractivity contribution in [2.45, 2.75) is 18.9 Å². The van der Waals surface area contributed by atoms with Crippen LogP contribution < -0.4 is 24.4 Å². The summed E-state index contributed by atoms with van der Waals surface area (Å²) < 4.78 is 22.4. The molecule has 3 aromatic rings. The first-order valence-corrected chi connectivity index (χ1v) is 10.7. The molecule has 0 saturated heterocycles. The predicted octanol–water partition coefficient (Wildman–Crippen LogP) is 4.85. The molecule has 1 atom stereocenters. The van der Waals surface area contributed by atoms with Crippen LogP contribution >= 0.6 is 0 Å². The molecule has 0 radical (unpaired) electrons. The Morgan fingerprint density at radius 3 is 2.24 bits per heavy atom. The van der Waals surface area contributed by atoms with Gasteiger partial charge in [0, 0.05) is 11.8 Å². The van der Waals surface area contributed by atoms with Gasteiger partial charge in [0.1, 0.15) is 0 Å². The van der Waals surface area contributed by atoms with E-state index in [1.165, 1.54) is 13.2 Å². The number of nitrogens with zero attached hydrogens (tertiary/aromatic N) is 1. The van der Waals surface area contributed by atoms with E-state index >= 15 is 0 Å². The number of hydrogen-bond donors (Lipinski definition) is 0. The number of rotatable bonds is 6. The van der Waals surface area contributed by atoms with E-state index in [1.54, 1.807) is 27.4 Å². The summed E-state index contributed by atoms with van der Waals surface area (Å²) in [5.74, 6) is 1.96. The van der Waals surface area contributed by atoms with Gasteiger partial charge < -0.3 is 18.9 Å². The van der Waals surface area contributed by atoms with Crippen molar-refractivity contribution in [1.82, 2.24) is 0 Å². The van der Waals surface area contributed by atoms with Gasteiger partial charge in [-0.3, -0.25) is 9.79 Å². The molecule has 0 aliphatic heterocycles. The predicted molar refractivity (Wildman–Crippen MR) is 129 cm³/mol. The maximum Gasteiger partial charge on any atom is 0.220 e. The third kappa shape index (κ3) is 4.29. The van der Waals surface area contributed by atoms with Crippen molar-refractivity contribution in [2.24, 2.45) is 4.99 Å². The summed E-state index contributed by atoms with van der Waals surface area (Å²) in [7, 11) is 6.30. The lowest BCUT2D eigenvalue weighted by Gasteiger charge is -2.19. The largest absolute Gasteiger partial charge is 0.493 e. The van der Waals surface area contributed by atoms with Crippen molar-refractivity contribution in [3.05, 3.63) is 81.5 Å². The Morgan fingerprint density at radius 1 is 0.848 bits per heavy atom. The first-order chi connectivity index (χ1) is 16.1. The molecule has 33 heavy (non-hydrogen) atoms. The van der Waals surface area contributed by atoms with Gasteiger partial charge in [0.05, 0.1) is 34.5 Å². The maximum atomic E-state index is 12.6. The Labute approximate surface area is 193 Å². The summed E-state index contributed by atoms with van der Waals surface area (Å²) >= 11 is 0. The Kier molecular flexibility index (Phi) is 6.63. The lowest BCUT2D eigenvalue weighted by atomic mass is 9.95. The van der Waals surface area contributed by atoms with E-state index in [4.69, 9.17) is 23.9 Å². The molecule has 0 heterocycles. The van der Waals surface area contributed by atoms with Gasteiger partial charge in [-0.2, -0.15) is 0 Å². The van der Waals surface area contributed by atoms with Gasteiger partial charge in [-0.15, -0.1) is 0 Å². The number of aryl methyl sites for hydroxylation is 1. The highest BCUT2D eigenvalue weighted by atomic mass is 16.5. The summed E-state index contributed by atoms with van der Waals surface area (Å²) in [6, 6.07) is 16.9. The van der Waals surface area contributed by atoms with Gasteiger partial charge >= 0.3 is 0 Å². The molecule has 0 spiro atoms. The van der Waals surface area contributed by atoms with E-state index < -0.39 is 0 Å². The van der Waals surface area contributed by atoms with Crippen LogP contribution in [0.4, 0.5) is 0 Å². The van der Waals surface area contributed by atoms with E-state index in [0.717, 1.165) is 40.7 Å². The number of methoxy groups -OCH3 is 4. The molecule has 0 amide bonds. The van der Waals surface area contributed by atoms with Crippen molar-refractivity contribution in [3.8, 4) is 34.1 Å². The quantitative estimate of drug-likeness (QED) is 0.507. The SMILES string of the molecule is COc1cc2c(c(OC)c1OC)-c1ccc(=O)c(OC)cc1[C@@H](N=Cc1ccccc1)CC2. The molecular formula is C27H27NO5. The third-order valence-electron chi connectivity index (χ3n) is 5.89. The van der Waals surface area contributed by atoms with Crippen molar-refractivity contribution in [1.29, 1.82) is 0 Å². The van der Waals surface area contributed by atoms with Crippen LogP contribution in [-0.2, 0) is 6.42 Å². The van der Waals surface area contributed by atoms with Gasteiger partial charge in [-0.25, -0.2) is 0 Å². The Bertz CT molecular complexity index is 1240. The van der Waals surface area contributed by atoms with Gasteiger partial charge in [0.15, 0.2) is 17.2 Å². The fraction of sp³-hybridized carbons (Fsp3) is 0.259. The molecule has 6 heteroatoms. The Morgan fingerprint density at radius 2 is 1.58 bits per heavy atom. The zero-order valence-electron chi connectivity index (χ0n) is 19.3. The molecule has 170 valence electrons. The average Bonchev–Trinajstić information content (AvgIpc) is 3.10. The topological polar surface area (TPSA) is 66.4 Å². The summed E-state index contributed by atoms with van der Waals surface area (Å²) in [5.41, 5.74) is 4.48. The highest BCUT2D eigenvalue weighted by Crippen LogP contribution is 2.50. The summed E-state index contributed by atoms with van der Waals surface area (Å²) in [6.45, 7) is 0. The lowest BCUT2D eigenvalue weighted by molar-refractivity contribution is 0.324. The molecule has 3 aromatic carbocycles. The minimum Gasteiger partial charge on any atom is -0.493 e. The van der Waals surface area contributed by atoms with Crippen LogP contribution in [0.25, 0.3) is 11.1 Å². The van der Waals surface area contributed by atoms with Gasteiger partial charge in [0.2, 0.25) is 11.2 Å². The summed E-state index contributed by atoms with van der Waals surface area (Å²) in [5, 5.41) is 0. The zero-order valence-corrected chi connectivity index (χ0v) is 19.3. The molecule has 4 rings (SSSR count). The maximum absolute atomic E-state index is 12.6. The molecule has 1 aliphatic carbocycles. The second-order valence-corrected chi connectivity index (χ2v) is 7.70. The average molecular weight is 446 g/mol. The minimum absolute atomic E-state index is 0.185. The molecular weight excluding hydrogens is 418 g/mol. The van der Waals surface area contributed by atoms with Crippen molar-refractivity contribution < 1.29 is 18.9 Å². The Hall–Kier alpha value is -3.80. The van der Waals surface area contributed by atoms with Crippen LogP contribution in [0.15, 0.2) is 64.4 Å². The van der Waals surface area contributed by atoms with Crippen LogP contribution in [0, 0.1) is 0 Å². The van der Waals surface area contributed by atoms with E-state index in [1.807, 2.05) is 48.7 Å². The highest BCUT2D eigenvalue weighted by molar-refractivity contribution is 5.84. The fourth-order valence-electron chi connectivity index (χ4n) is 4.31. The molecule has 1 aliphatic rings. The number of aliphatic imine (C=N–C) groups is 1. The van der Waals surface area contributed by atoms with E-state index in [2.05, 4.69) is 0 Å². The minimum atomic E-state index is -0.197. The number of benzene rings is 2. The molecule has 0 aromatic heterocycles. The van der Waals surface area contributed by atoms with E-state index in [-0.39, 0.29) is 17.2 Å². The first kappa shape index (κ1) is 22.4. The Balaban J connectivity index is 1.99. The first-order valence-electron chi connectivity index (χ1n) is 10.7. The van der Waals surface area contributed by atoms with Crippen LogP contribution in [0.2, 0.25) is 0 Å². The molecule has 0 unspecified atom stereocenters. The van der Waals surface area contributed by atoms with Gasteiger partial charge in [-0.1, -0.05) is 30.3 Å². The number of hydrogen-bond acceptors (Lipinski definition) is 6. The highest BCUT2D eigenvalue weighted by Gasteiger charge is 2.28. The molecule has 6 nitrogen and oxygen atoms in total. The van der Waals surface area contributed by atoms with Crippen molar-refractivity contribution in [2.75, 3.05) is 28.4 Å². The molecule has 0 bridgehead atoms. The number of fused-ring (bicyclic) bond motifs is 3. The van der Waals surface area contributed by atoms with E-state index in [9.17, 15) is 4.79 Å². The van der Waals surface area contributed by atoms with E-state index in [0.29, 0.717) is 17.2 Å². The fourth-order valence-corrected chi connectivity index (χ4v) is 4.31. The van der Waals surface area contributed by atoms with Crippen LogP contribution in [0.3, 0.4) is 0 Å². The normalized spacial score (nSPS) is 14.7. The molecule has 0 saturated carbocycles. The zero-order chi connectivity index (χ0) is 23.4. The standard InChI is InChI=1S/C27H27NO5/c1-30-23-15-20-19(11-13-22(23)29)25-18(14-24(31-2)26(32-3)27(25)33-4)10-12-21(20)28-16-17-8-6-5-7-9-17/h5-9,11,13-16,21H,10,12H2,1-4H3/t21-/m0/s1. The van der Waals surface area contributed by atoms with Crippen LogP contribution in [-0.4, -0.2) is 34.7 Å². The number of ether oxygens (including phenoxy) is 4. The van der Waals surface area contributed by atoms with Crippen molar-refractivity contribution >= 4 is 6.21 Å². The smallest absolute Gasteiger partial charge is 0.220 e. The van der Waals surface area contributed by atoms with Crippen LogP contribution in [0.5, 0.6) is 23.0 Å².